The number of unbranched alkanes of at least 4 members (excludes halogenated alkanes) is 6. The highest BCUT2D eigenvalue weighted by Crippen LogP contribution is 2.09. The number of hydrogen-bond donors (Lipinski definition) is 2. The maximum atomic E-state index is 8.66. The summed E-state index contributed by atoms with van der Waals surface area (Å²) >= 11 is 0. The summed E-state index contributed by atoms with van der Waals surface area (Å²) in [7, 11) is 0. The number of nitrogens with two attached hydrogens (primary N) is 1. The molecule has 1 unspecified atom stereocenters. The zero-order valence-electron chi connectivity index (χ0n) is 10.1. The van der Waals surface area contributed by atoms with E-state index in [4.69, 9.17) is 10.8 Å². The molecule has 0 aromatic heterocycles. The van der Waals surface area contributed by atoms with E-state index in [9.17, 15) is 0 Å². The normalized spacial score (nSPS) is 12.2. The van der Waals surface area contributed by atoms with E-state index in [1.165, 1.54) is 44.9 Å². The summed E-state index contributed by atoms with van der Waals surface area (Å²) in [4.78, 5) is 0. The van der Waals surface area contributed by atoms with Crippen LogP contribution in [0.2, 0.25) is 0 Å². The van der Waals surface area contributed by atoms with Gasteiger partial charge in [-0.25, -0.2) is 0 Å². The predicted molar refractivity (Wildman–Crippen MR) is 69.5 cm³/mol. The maximum Gasteiger partial charge on any atom is 0.0445 e. The average molecular weight is 238 g/mol. The van der Waals surface area contributed by atoms with E-state index in [1.807, 2.05) is 0 Å². The molecular formula is C12H28ClNO. The fourth-order valence-corrected chi connectivity index (χ4v) is 1.67. The van der Waals surface area contributed by atoms with Gasteiger partial charge in [-0.2, -0.15) is 0 Å². The zero-order valence-corrected chi connectivity index (χ0v) is 10.9. The topological polar surface area (TPSA) is 46.2 Å². The summed E-state index contributed by atoms with van der Waals surface area (Å²) in [6, 6.07) is 0.218. The first-order chi connectivity index (χ1) is 6.81. The Hall–Kier alpha value is 0.210. The van der Waals surface area contributed by atoms with E-state index < -0.39 is 0 Å². The molecule has 0 saturated carbocycles. The predicted octanol–water partition coefficient (Wildman–Crippen LogP) is 3.26. The fraction of sp³-hybridized carbons (Fsp3) is 1.00. The molecule has 0 heterocycles. The van der Waals surface area contributed by atoms with Crippen LogP contribution < -0.4 is 5.73 Å². The molecule has 3 N–H and O–H groups in total. The van der Waals surface area contributed by atoms with Crippen molar-refractivity contribution in [3.8, 4) is 0 Å². The van der Waals surface area contributed by atoms with Crippen LogP contribution in [-0.2, 0) is 0 Å². The minimum Gasteiger partial charge on any atom is -0.396 e. The van der Waals surface area contributed by atoms with Gasteiger partial charge in [0, 0.05) is 12.6 Å². The lowest BCUT2D eigenvalue weighted by Gasteiger charge is -2.08. The number of aliphatic hydroxyl groups excluding tert-OH is 1. The van der Waals surface area contributed by atoms with Crippen molar-refractivity contribution < 1.29 is 5.11 Å². The van der Waals surface area contributed by atoms with E-state index in [2.05, 4.69) is 6.92 Å². The monoisotopic (exact) mass is 237 g/mol. The SMILES string of the molecule is CCCCCCCCCC(N)CCO.Cl. The van der Waals surface area contributed by atoms with Crippen LogP contribution in [0.1, 0.15) is 64.7 Å². The molecular weight excluding hydrogens is 210 g/mol. The lowest BCUT2D eigenvalue weighted by atomic mass is 10.0. The van der Waals surface area contributed by atoms with Gasteiger partial charge in [-0.05, 0) is 12.8 Å². The highest BCUT2D eigenvalue weighted by Gasteiger charge is 2.00. The first-order valence-electron chi connectivity index (χ1n) is 6.17. The Morgan fingerprint density at radius 1 is 0.933 bits per heavy atom. The Kier molecular flexibility index (Phi) is 16.7. The van der Waals surface area contributed by atoms with Crippen molar-refractivity contribution in [2.24, 2.45) is 5.73 Å². The third-order valence-electron chi connectivity index (χ3n) is 2.68. The number of rotatable bonds is 10. The highest BCUT2D eigenvalue weighted by molar-refractivity contribution is 5.85. The van der Waals surface area contributed by atoms with Crippen LogP contribution in [0.4, 0.5) is 0 Å². The largest absolute Gasteiger partial charge is 0.396 e. The van der Waals surface area contributed by atoms with Crippen molar-refractivity contribution >= 4 is 12.4 Å². The van der Waals surface area contributed by atoms with Crippen LogP contribution in [0.25, 0.3) is 0 Å². The van der Waals surface area contributed by atoms with Gasteiger partial charge in [0.1, 0.15) is 0 Å². The van der Waals surface area contributed by atoms with Crippen molar-refractivity contribution in [3.05, 3.63) is 0 Å². The van der Waals surface area contributed by atoms with Crippen molar-refractivity contribution in [3.63, 3.8) is 0 Å². The molecule has 0 radical (unpaired) electrons. The van der Waals surface area contributed by atoms with Crippen LogP contribution in [0, 0.1) is 0 Å². The summed E-state index contributed by atoms with van der Waals surface area (Å²) in [5, 5.41) is 8.66. The second-order valence-corrected chi connectivity index (χ2v) is 4.18. The summed E-state index contributed by atoms with van der Waals surface area (Å²) in [5.74, 6) is 0. The summed E-state index contributed by atoms with van der Waals surface area (Å²) in [6.45, 7) is 2.48. The Bertz CT molecular complexity index is 112. The van der Waals surface area contributed by atoms with Gasteiger partial charge in [0.05, 0.1) is 0 Å². The second-order valence-electron chi connectivity index (χ2n) is 4.18. The first-order valence-corrected chi connectivity index (χ1v) is 6.17. The maximum absolute atomic E-state index is 8.66. The molecule has 3 heteroatoms. The molecule has 0 bridgehead atoms. The van der Waals surface area contributed by atoms with Crippen molar-refractivity contribution in [1.29, 1.82) is 0 Å². The molecule has 0 aromatic carbocycles. The summed E-state index contributed by atoms with van der Waals surface area (Å²) < 4.78 is 0. The number of halogens is 1. The van der Waals surface area contributed by atoms with Crippen molar-refractivity contribution in [1.82, 2.24) is 0 Å². The Balaban J connectivity index is 0. The Morgan fingerprint density at radius 2 is 1.47 bits per heavy atom. The molecule has 0 saturated heterocycles. The van der Waals surface area contributed by atoms with Crippen molar-refractivity contribution in [2.75, 3.05) is 6.61 Å². The molecule has 0 aliphatic heterocycles. The van der Waals surface area contributed by atoms with E-state index >= 15 is 0 Å². The molecule has 15 heavy (non-hydrogen) atoms. The van der Waals surface area contributed by atoms with Gasteiger partial charge in [0.2, 0.25) is 0 Å². The molecule has 1 atom stereocenters. The fourth-order valence-electron chi connectivity index (χ4n) is 1.67. The molecule has 0 spiro atoms. The third kappa shape index (κ3) is 14.2. The quantitative estimate of drug-likeness (QED) is 0.573. The van der Waals surface area contributed by atoms with Crippen LogP contribution in [-0.4, -0.2) is 17.8 Å². The van der Waals surface area contributed by atoms with Crippen LogP contribution >= 0.6 is 12.4 Å². The molecule has 0 amide bonds. The molecule has 2 nitrogen and oxygen atoms in total. The lowest BCUT2D eigenvalue weighted by molar-refractivity contribution is 0.271. The van der Waals surface area contributed by atoms with Gasteiger partial charge >= 0.3 is 0 Å². The zero-order chi connectivity index (χ0) is 10.6. The van der Waals surface area contributed by atoms with E-state index in [0.717, 1.165) is 12.8 Å². The molecule has 0 aliphatic rings. The number of hydrogen-bond acceptors (Lipinski definition) is 2. The second kappa shape index (κ2) is 14.2. The van der Waals surface area contributed by atoms with Gasteiger partial charge in [0.25, 0.3) is 0 Å². The summed E-state index contributed by atoms with van der Waals surface area (Å²) in [6.07, 6.45) is 11.2. The van der Waals surface area contributed by atoms with E-state index in [1.54, 1.807) is 0 Å². The van der Waals surface area contributed by atoms with Crippen LogP contribution in [0.3, 0.4) is 0 Å². The standard InChI is InChI=1S/C12H27NO.ClH/c1-2-3-4-5-6-7-8-9-12(13)10-11-14;/h12,14H,2-11,13H2,1H3;1H. The van der Waals surface area contributed by atoms with E-state index in [-0.39, 0.29) is 25.1 Å². The average Bonchev–Trinajstić information content (AvgIpc) is 2.17. The van der Waals surface area contributed by atoms with Gasteiger partial charge < -0.3 is 10.8 Å². The Morgan fingerprint density at radius 3 is 2.00 bits per heavy atom. The van der Waals surface area contributed by atoms with Crippen LogP contribution in [0.5, 0.6) is 0 Å². The van der Waals surface area contributed by atoms with Gasteiger partial charge in [0.15, 0.2) is 0 Å². The lowest BCUT2D eigenvalue weighted by Crippen LogP contribution is -2.20. The smallest absolute Gasteiger partial charge is 0.0445 e. The van der Waals surface area contributed by atoms with Crippen molar-refractivity contribution in [2.45, 2.75) is 70.8 Å². The Labute approximate surface area is 101 Å². The highest BCUT2D eigenvalue weighted by atomic mass is 35.5. The summed E-state index contributed by atoms with van der Waals surface area (Å²) in [5.41, 5.74) is 5.79. The molecule has 94 valence electrons. The van der Waals surface area contributed by atoms with Gasteiger partial charge in [-0.3, -0.25) is 0 Å². The molecule has 0 rings (SSSR count). The number of aliphatic hydroxyl groups is 1. The molecule has 0 aromatic rings. The first kappa shape index (κ1) is 17.6. The minimum atomic E-state index is 0. The minimum absolute atomic E-state index is 0. The van der Waals surface area contributed by atoms with E-state index in [0.29, 0.717) is 0 Å². The molecule has 0 aliphatic carbocycles. The van der Waals surface area contributed by atoms with Gasteiger partial charge in [-0.1, -0.05) is 51.9 Å². The van der Waals surface area contributed by atoms with Crippen LogP contribution in [0.15, 0.2) is 0 Å². The third-order valence-corrected chi connectivity index (χ3v) is 2.68. The molecule has 0 fully saturated rings. The van der Waals surface area contributed by atoms with Gasteiger partial charge in [-0.15, -0.1) is 12.4 Å².